The topological polar surface area (TPSA) is 124 Å². The predicted molar refractivity (Wildman–Crippen MR) is 124 cm³/mol. The summed E-state index contributed by atoms with van der Waals surface area (Å²) in [5, 5.41) is 0. The normalized spacial score (nSPS) is 12.8. The Morgan fingerprint density at radius 1 is 0.667 bits per heavy atom. The van der Waals surface area contributed by atoms with Crippen LogP contribution < -0.4 is 22.5 Å². The smallest absolute Gasteiger partial charge is 0.328 e. The summed E-state index contributed by atoms with van der Waals surface area (Å²) in [7, 11) is 6.50. The second-order valence-electron chi connectivity index (χ2n) is 9.82. The molecule has 0 atom stereocenters. The van der Waals surface area contributed by atoms with Gasteiger partial charge < -0.3 is 9.13 Å². The van der Waals surface area contributed by atoms with Gasteiger partial charge in [0.05, 0.1) is 12.7 Å². The third-order valence-electron chi connectivity index (χ3n) is 6.31. The van der Waals surface area contributed by atoms with E-state index in [-0.39, 0.29) is 6.42 Å². The van der Waals surface area contributed by atoms with Crippen molar-refractivity contribution in [2.75, 3.05) is 0 Å². The maximum absolute atomic E-state index is 13.4. The number of imidazole rings is 2. The van der Waals surface area contributed by atoms with Gasteiger partial charge in [-0.3, -0.25) is 27.9 Å². The molecular formula is C21H28N8O4. The molecule has 0 saturated heterocycles. The summed E-state index contributed by atoms with van der Waals surface area (Å²) in [6.45, 7) is 6.99. The van der Waals surface area contributed by atoms with Crippen molar-refractivity contribution in [2.24, 2.45) is 28.2 Å². The zero-order valence-electron chi connectivity index (χ0n) is 20.1. The minimum absolute atomic E-state index is 0.150. The van der Waals surface area contributed by atoms with Crippen molar-refractivity contribution in [2.45, 2.75) is 45.2 Å². The number of fused-ring (bicyclic) bond motifs is 2. The molecule has 0 unspecified atom stereocenters. The molecule has 33 heavy (non-hydrogen) atoms. The Hall–Kier alpha value is -3.70. The van der Waals surface area contributed by atoms with Crippen LogP contribution in [0.4, 0.5) is 0 Å². The average molecular weight is 457 g/mol. The van der Waals surface area contributed by atoms with Gasteiger partial charge in [0.1, 0.15) is 0 Å². The molecule has 12 heteroatoms. The summed E-state index contributed by atoms with van der Waals surface area (Å²) in [4.78, 5) is 61.4. The quantitative estimate of drug-likeness (QED) is 0.417. The van der Waals surface area contributed by atoms with Crippen molar-refractivity contribution >= 4 is 22.3 Å². The van der Waals surface area contributed by atoms with Crippen LogP contribution in [0.2, 0.25) is 0 Å². The van der Waals surface area contributed by atoms with Crippen molar-refractivity contribution in [3.63, 3.8) is 0 Å². The summed E-state index contributed by atoms with van der Waals surface area (Å²) < 4.78 is 8.17. The monoisotopic (exact) mass is 456 g/mol. The minimum Gasteiger partial charge on any atom is -0.328 e. The zero-order chi connectivity index (χ0) is 24.6. The fourth-order valence-corrected chi connectivity index (χ4v) is 4.97. The van der Waals surface area contributed by atoms with E-state index in [1.165, 1.54) is 30.9 Å². The highest BCUT2D eigenvalue weighted by Gasteiger charge is 2.37. The zero-order valence-corrected chi connectivity index (χ0v) is 20.1. The van der Waals surface area contributed by atoms with Crippen LogP contribution in [0.25, 0.3) is 22.3 Å². The van der Waals surface area contributed by atoms with Gasteiger partial charge in [0.2, 0.25) is 0 Å². The van der Waals surface area contributed by atoms with Crippen molar-refractivity contribution < 1.29 is 0 Å². The number of aryl methyl sites for hydroxylation is 4. The van der Waals surface area contributed by atoms with Gasteiger partial charge in [-0.15, -0.1) is 0 Å². The van der Waals surface area contributed by atoms with Gasteiger partial charge in [0.25, 0.3) is 11.1 Å². The summed E-state index contributed by atoms with van der Waals surface area (Å²) in [6, 6.07) is 0. The second kappa shape index (κ2) is 6.90. The predicted octanol–water partition coefficient (Wildman–Crippen LogP) is -0.259. The van der Waals surface area contributed by atoms with Gasteiger partial charge in [0.15, 0.2) is 22.3 Å². The molecule has 0 saturated carbocycles. The number of aromatic nitrogens is 8. The van der Waals surface area contributed by atoms with Gasteiger partial charge in [-0.25, -0.2) is 19.6 Å². The Balaban J connectivity index is 1.95. The Labute approximate surface area is 188 Å². The number of rotatable bonds is 4. The SMILES string of the molecule is Cn1cnc2c1c(=O)n(C(C)(C)CC(C)(C)n1c(=O)c3c(ncn3C)n(C)c1=O)c(=O)n2C. The Morgan fingerprint density at radius 3 is 1.33 bits per heavy atom. The van der Waals surface area contributed by atoms with Crippen LogP contribution >= 0.6 is 0 Å². The molecule has 0 aliphatic heterocycles. The van der Waals surface area contributed by atoms with Crippen molar-refractivity contribution in [1.82, 2.24) is 37.4 Å². The Kier molecular flexibility index (Phi) is 4.70. The summed E-state index contributed by atoms with van der Waals surface area (Å²) >= 11 is 0. The number of nitrogens with zero attached hydrogens (tertiary/aromatic N) is 8. The first-order valence-corrected chi connectivity index (χ1v) is 10.5. The minimum atomic E-state index is -1.04. The molecule has 0 radical (unpaired) electrons. The fraction of sp³-hybridized carbons (Fsp3) is 0.524. The highest BCUT2D eigenvalue weighted by molar-refractivity contribution is 5.70. The Morgan fingerprint density at radius 2 is 1.00 bits per heavy atom. The molecule has 0 N–H and O–H groups in total. The van der Waals surface area contributed by atoms with Crippen LogP contribution in [-0.2, 0) is 39.3 Å². The van der Waals surface area contributed by atoms with Crippen LogP contribution in [0.5, 0.6) is 0 Å². The van der Waals surface area contributed by atoms with E-state index in [0.717, 1.165) is 0 Å². The molecule has 4 rings (SSSR count). The lowest BCUT2D eigenvalue weighted by atomic mass is 9.86. The number of hydrogen-bond acceptors (Lipinski definition) is 6. The molecule has 0 amide bonds. The van der Waals surface area contributed by atoms with E-state index >= 15 is 0 Å². The van der Waals surface area contributed by atoms with E-state index in [1.807, 2.05) is 0 Å². The van der Waals surface area contributed by atoms with E-state index in [4.69, 9.17) is 0 Å². The van der Waals surface area contributed by atoms with Gasteiger partial charge in [0, 0.05) is 39.3 Å². The van der Waals surface area contributed by atoms with Crippen LogP contribution in [0.15, 0.2) is 31.8 Å². The van der Waals surface area contributed by atoms with Crippen LogP contribution in [0, 0.1) is 0 Å². The van der Waals surface area contributed by atoms with Gasteiger partial charge >= 0.3 is 11.4 Å². The molecular weight excluding hydrogens is 428 g/mol. The van der Waals surface area contributed by atoms with Crippen LogP contribution in [0.3, 0.4) is 0 Å². The maximum Gasteiger partial charge on any atom is 0.332 e. The first-order chi connectivity index (χ1) is 15.2. The van der Waals surface area contributed by atoms with Crippen LogP contribution in [-0.4, -0.2) is 37.4 Å². The van der Waals surface area contributed by atoms with Crippen molar-refractivity contribution in [1.29, 1.82) is 0 Å². The average Bonchev–Trinajstić information content (AvgIpc) is 3.27. The molecule has 4 aromatic heterocycles. The molecule has 4 heterocycles. The fourth-order valence-electron chi connectivity index (χ4n) is 4.97. The molecule has 12 nitrogen and oxygen atoms in total. The van der Waals surface area contributed by atoms with Gasteiger partial charge in [-0.1, -0.05) is 0 Å². The van der Waals surface area contributed by atoms with E-state index in [9.17, 15) is 19.2 Å². The summed E-state index contributed by atoms with van der Waals surface area (Å²) in [5.74, 6) is 0. The third kappa shape index (κ3) is 3.04. The van der Waals surface area contributed by atoms with E-state index in [1.54, 1.807) is 65.0 Å². The van der Waals surface area contributed by atoms with E-state index < -0.39 is 33.6 Å². The van der Waals surface area contributed by atoms with Crippen LogP contribution in [0.1, 0.15) is 34.1 Å². The Bertz CT molecular complexity index is 1550. The van der Waals surface area contributed by atoms with Gasteiger partial charge in [-0.2, -0.15) is 0 Å². The molecule has 0 aliphatic rings. The lowest BCUT2D eigenvalue weighted by Gasteiger charge is -2.36. The number of hydrogen-bond donors (Lipinski definition) is 0. The lowest BCUT2D eigenvalue weighted by Crippen LogP contribution is -2.55. The third-order valence-corrected chi connectivity index (χ3v) is 6.31. The second-order valence-corrected chi connectivity index (χ2v) is 9.82. The van der Waals surface area contributed by atoms with Crippen molar-refractivity contribution in [3.05, 3.63) is 54.3 Å². The molecule has 0 spiro atoms. The first kappa shape index (κ1) is 22.5. The largest absolute Gasteiger partial charge is 0.332 e. The molecule has 0 bridgehead atoms. The van der Waals surface area contributed by atoms with Crippen molar-refractivity contribution in [3.8, 4) is 0 Å². The molecule has 0 aliphatic carbocycles. The van der Waals surface area contributed by atoms with E-state index in [2.05, 4.69) is 9.97 Å². The summed E-state index contributed by atoms with van der Waals surface area (Å²) in [5.41, 5.74) is -2.88. The molecule has 0 aromatic carbocycles. The molecule has 4 aromatic rings. The van der Waals surface area contributed by atoms with E-state index in [0.29, 0.717) is 22.3 Å². The lowest BCUT2D eigenvalue weighted by molar-refractivity contribution is 0.179. The maximum atomic E-state index is 13.4. The standard InChI is InChI=1S/C21H28N8O4/c1-20(2,28-16(30)12-14(22-10-24(12)5)26(7)18(28)32)9-21(3,4)29-17(31)13-15(23-11-25(13)6)27(8)19(29)33/h10-11H,9H2,1-8H3. The highest BCUT2D eigenvalue weighted by Crippen LogP contribution is 2.29. The highest BCUT2D eigenvalue weighted by atomic mass is 16.2. The first-order valence-electron chi connectivity index (χ1n) is 10.5. The molecule has 176 valence electrons. The summed E-state index contributed by atoms with van der Waals surface area (Å²) in [6.07, 6.45) is 3.12. The van der Waals surface area contributed by atoms with Gasteiger partial charge in [-0.05, 0) is 34.1 Å². The molecule has 0 fully saturated rings.